The maximum absolute atomic E-state index is 13.1. The van der Waals surface area contributed by atoms with Gasteiger partial charge in [-0.15, -0.1) is 11.8 Å². The number of rotatable bonds is 2. The Morgan fingerprint density at radius 1 is 1.53 bits per heavy atom. The summed E-state index contributed by atoms with van der Waals surface area (Å²) in [5.74, 6) is 6.20. The van der Waals surface area contributed by atoms with Gasteiger partial charge in [0.2, 0.25) is 0 Å². The van der Waals surface area contributed by atoms with Crippen molar-refractivity contribution in [2.75, 3.05) is 11.9 Å². The minimum atomic E-state index is -0.149. The highest BCUT2D eigenvalue weighted by Crippen LogP contribution is 2.34. The summed E-state index contributed by atoms with van der Waals surface area (Å²) in [5, 5.41) is 3.29. The minimum Gasteiger partial charge on any atom is -0.384 e. The van der Waals surface area contributed by atoms with Gasteiger partial charge in [0.1, 0.15) is 5.82 Å². The number of hydrogen-bond donors (Lipinski definition) is 1. The van der Waals surface area contributed by atoms with Crippen molar-refractivity contribution in [1.29, 1.82) is 0 Å². The van der Waals surface area contributed by atoms with Gasteiger partial charge >= 0.3 is 0 Å². The summed E-state index contributed by atoms with van der Waals surface area (Å²) in [6.07, 6.45) is 1.89. The highest BCUT2D eigenvalue weighted by Gasteiger charge is 2.21. The van der Waals surface area contributed by atoms with Crippen molar-refractivity contribution in [3.05, 3.63) is 29.6 Å². The lowest BCUT2D eigenvalue weighted by atomic mass is 9.96. The van der Waals surface area contributed by atoms with E-state index >= 15 is 0 Å². The molecule has 1 unspecified atom stereocenters. The van der Waals surface area contributed by atoms with Crippen LogP contribution in [0.3, 0.4) is 0 Å². The Kier molecular flexibility index (Phi) is 2.91. The summed E-state index contributed by atoms with van der Waals surface area (Å²) in [5.41, 5.74) is 2.18. The largest absolute Gasteiger partial charge is 0.384 e. The normalized spacial score (nSPS) is 17.6. The number of benzene rings is 1. The topological polar surface area (TPSA) is 12.0 Å². The van der Waals surface area contributed by atoms with Crippen LogP contribution in [0.4, 0.5) is 10.1 Å². The second kappa shape index (κ2) is 4.35. The van der Waals surface area contributed by atoms with Gasteiger partial charge < -0.3 is 5.32 Å². The van der Waals surface area contributed by atoms with Gasteiger partial charge in [0.25, 0.3) is 0 Å². The lowest BCUT2D eigenvalue weighted by Crippen LogP contribution is -2.01. The highest BCUT2D eigenvalue weighted by atomic mass is 19.1. The van der Waals surface area contributed by atoms with Crippen molar-refractivity contribution in [3.8, 4) is 11.8 Å². The molecule has 0 fully saturated rings. The molecule has 1 aromatic carbocycles. The summed E-state index contributed by atoms with van der Waals surface area (Å²) in [7, 11) is 0. The van der Waals surface area contributed by atoms with Crippen LogP contribution in [0, 0.1) is 17.7 Å². The molecule has 1 nitrogen and oxygen atoms in total. The van der Waals surface area contributed by atoms with Crippen molar-refractivity contribution < 1.29 is 4.39 Å². The zero-order chi connectivity index (χ0) is 10.7. The molecule has 1 aromatic rings. The Hall–Kier alpha value is -1.49. The van der Waals surface area contributed by atoms with Gasteiger partial charge in [-0.1, -0.05) is 0 Å². The first-order chi connectivity index (χ1) is 7.31. The average molecular weight is 203 g/mol. The van der Waals surface area contributed by atoms with E-state index in [1.54, 1.807) is 6.07 Å². The predicted molar refractivity (Wildman–Crippen MR) is 60.3 cm³/mol. The van der Waals surface area contributed by atoms with Gasteiger partial charge in [0.05, 0.1) is 0 Å². The Morgan fingerprint density at radius 2 is 2.40 bits per heavy atom. The predicted octanol–water partition coefficient (Wildman–Crippen LogP) is 3.14. The lowest BCUT2D eigenvalue weighted by molar-refractivity contribution is 0.620. The quantitative estimate of drug-likeness (QED) is 0.728. The van der Waals surface area contributed by atoms with Crippen LogP contribution in [0.15, 0.2) is 18.2 Å². The van der Waals surface area contributed by atoms with E-state index in [1.807, 2.05) is 13.0 Å². The molecule has 0 aliphatic carbocycles. The van der Waals surface area contributed by atoms with E-state index in [4.69, 9.17) is 0 Å². The third-order valence-electron chi connectivity index (χ3n) is 2.79. The van der Waals surface area contributed by atoms with Gasteiger partial charge in [0.15, 0.2) is 0 Å². The average Bonchev–Trinajstić information content (AvgIpc) is 2.62. The molecule has 1 N–H and O–H groups in total. The summed E-state index contributed by atoms with van der Waals surface area (Å²) >= 11 is 0. The van der Waals surface area contributed by atoms with E-state index in [1.165, 1.54) is 6.07 Å². The van der Waals surface area contributed by atoms with Gasteiger partial charge in [0, 0.05) is 24.6 Å². The molecule has 2 heteroatoms. The minimum absolute atomic E-state index is 0.149. The first kappa shape index (κ1) is 10.0. The number of anilines is 1. The fourth-order valence-electron chi connectivity index (χ4n) is 2.00. The third kappa shape index (κ3) is 2.12. The van der Waals surface area contributed by atoms with Crippen LogP contribution in [0.25, 0.3) is 0 Å². The van der Waals surface area contributed by atoms with Crippen LogP contribution in [0.2, 0.25) is 0 Å². The van der Waals surface area contributed by atoms with Crippen molar-refractivity contribution in [2.24, 2.45) is 0 Å². The summed E-state index contributed by atoms with van der Waals surface area (Å²) < 4.78 is 13.1. The molecule has 0 saturated carbocycles. The van der Waals surface area contributed by atoms with Crippen LogP contribution in [-0.4, -0.2) is 6.54 Å². The van der Waals surface area contributed by atoms with E-state index in [-0.39, 0.29) is 5.82 Å². The van der Waals surface area contributed by atoms with Gasteiger partial charge in [-0.05, 0) is 37.1 Å². The summed E-state index contributed by atoms with van der Waals surface area (Å²) in [4.78, 5) is 0. The third-order valence-corrected chi connectivity index (χ3v) is 2.79. The first-order valence-electron chi connectivity index (χ1n) is 5.24. The Morgan fingerprint density at radius 3 is 3.20 bits per heavy atom. The van der Waals surface area contributed by atoms with Gasteiger partial charge in [-0.2, -0.15) is 0 Å². The zero-order valence-corrected chi connectivity index (χ0v) is 8.81. The van der Waals surface area contributed by atoms with Gasteiger partial charge in [-0.25, -0.2) is 4.39 Å². The smallest absolute Gasteiger partial charge is 0.123 e. The number of halogens is 1. The fourth-order valence-corrected chi connectivity index (χ4v) is 2.00. The van der Waals surface area contributed by atoms with Crippen LogP contribution in [-0.2, 0) is 0 Å². The van der Waals surface area contributed by atoms with E-state index in [9.17, 15) is 4.39 Å². The molecule has 1 heterocycles. The van der Waals surface area contributed by atoms with E-state index in [2.05, 4.69) is 17.2 Å². The fraction of sp³-hybridized carbons (Fsp3) is 0.385. The summed E-state index contributed by atoms with van der Waals surface area (Å²) in [6.45, 7) is 2.75. The number of fused-ring (bicyclic) bond motifs is 1. The maximum atomic E-state index is 13.1. The molecular formula is C13H14FN. The van der Waals surface area contributed by atoms with Crippen molar-refractivity contribution >= 4 is 5.69 Å². The molecule has 2 rings (SSSR count). The standard InChI is InChI=1S/C13H14FN/c1-2-3-4-5-10-9-15-13-7-6-11(14)8-12(10)13/h6-8,10,15H,4-5,9H2,1H3. The summed E-state index contributed by atoms with van der Waals surface area (Å²) in [6, 6.07) is 4.95. The molecule has 78 valence electrons. The molecule has 0 saturated heterocycles. The number of nitrogens with one attached hydrogen (secondary N) is 1. The molecular weight excluding hydrogens is 189 g/mol. The first-order valence-corrected chi connectivity index (χ1v) is 5.24. The molecule has 0 radical (unpaired) electrons. The van der Waals surface area contributed by atoms with Crippen molar-refractivity contribution in [3.63, 3.8) is 0 Å². The van der Waals surface area contributed by atoms with E-state index in [0.29, 0.717) is 5.92 Å². The molecule has 15 heavy (non-hydrogen) atoms. The molecule has 1 aliphatic heterocycles. The molecule has 1 atom stereocenters. The van der Waals surface area contributed by atoms with Gasteiger partial charge in [-0.3, -0.25) is 0 Å². The van der Waals surface area contributed by atoms with E-state index < -0.39 is 0 Å². The van der Waals surface area contributed by atoms with Crippen LogP contribution >= 0.6 is 0 Å². The second-order valence-electron chi connectivity index (χ2n) is 3.77. The van der Waals surface area contributed by atoms with Crippen LogP contribution in [0.5, 0.6) is 0 Å². The SMILES string of the molecule is CC#CCCC1CNc2ccc(F)cc21. The Bertz CT molecular complexity index is 414. The Balaban J connectivity index is 2.12. The monoisotopic (exact) mass is 203 g/mol. The van der Waals surface area contributed by atoms with Crippen LogP contribution in [0.1, 0.15) is 31.2 Å². The van der Waals surface area contributed by atoms with E-state index in [0.717, 1.165) is 30.6 Å². The second-order valence-corrected chi connectivity index (χ2v) is 3.77. The molecule has 0 aromatic heterocycles. The molecule has 0 bridgehead atoms. The molecule has 1 aliphatic rings. The number of hydrogen-bond acceptors (Lipinski definition) is 1. The molecule has 0 spiro atoms. The highest BCUT2D eigenvalue weighted by molar-refractivity contribution is 5.57. The maximum Gasteiger partial charge on any atom is 0.123 e. The van der Waals surface area contributed by atoms with Crippen molar-refractivity contribution in [1.82, 2.24) is 0 Å². The zero-order valence-electron chi connectivity index (χ0n) is 8.81. The van der Waals surface area contributed by atoms with Crippen molar-refractivity contribution in [2.45, 2.75) is 25.7 Å². The Labute approximate surface area is 89.7 Å². The van der Waals surface area contributed by atoms with Crippen LogP contribution < -0.4 is 5.32 Å². The lowest BCUT2D eigenvalue weighted by Gasteiger charge is -2.07. The molecule has 0 amide bonds.